The third kappa shape index (κ3) is 3.46. The molecule has 0 atom stereocenters. The van der Waals surface area contributed by atoms with Gasteiger partial charge in [0.05, 0.1) is 0 Å². The van der Waals surface area contributed by atoms with Crippen LogP contribution in [0.3, 0.4) is 0 Å². The lowest BCUT2D eigenvalue weighted by Crippen LogP contribution is -2.47. The van der Waals surface area contributed by atoms with E-state index in [9.17, 15) is 9.59 Å². The molecule has 30 heavy (non-hydrogen) atoms. The van der Waals surface area contributed by atoms with Gasteiger partial charge < -0.3 is 10.2 Å². The van der Waals surface area contributed by atoms with Crippen molar-refractivity contribution in [3.8, 4) is 0 Å². The molecular formula is C25H25N3O2. The summed E-state index contributed by atoms with van der Waals surface area (Å²) >= 11 is 0. The fourth-order valence-corrected chi connectivity index (χ4v) is 4.57. The SMILES string of the molecule is CC(=O)N1CCN(Cc2ccc(Cc3ccc4c5c(cccc35)C(=O)N4)cc2)CC1. The minimum absolute atomic E-state index is 0.0127. The standard InChI is InChI=1S/C25H25N3O2/c1-17(29)28-13-11-27(12-14-28)16-19-7-5-18(6-8-19)15-20-9-10-23-24-21(20)3-2-4-22(24)25(30)26-23/h2-10H,11-16H2,1H3,(H,26,30). The summed E-state index contributed by atoms with van der Waals surface area (Å²) in [7, 11) is 0. The summed E-state index contributed by atoms with van der Waals surface area (Å²) in [5.74, 6) is 0.156. The van der Waals surface area contributed by atoms with E-state index in [1.165, 1.54) is 16.7 Å². The molecule has 5 rings (SSSR count). The summed E-state index contributed by atoms with van der Waals surface area (Å²) in [5, 5.41) is 5.14. The highest BCUT2D eigenvalue weighted by Gasteiger charge is 2.22. The van der Waals surface area contributed by atoms with Crippen molar-refractivity contribution in [2.75, 3.05) is 31.5 Å². The van der Waals surface area contributed by atoms with Crippen LogP contribution in [0.25, 0.3) is 10.8 Å². The molecule has 2 amide bonds. The van der Waals surface area contributed by atoms with E-state index in [-0.39, 0.29) is 11.8 Å². The quantitative estimate of drug-likeness (QED) is 0.729. The summed E-state index contributed by atoms with van der Waals surface area (Å²) < 4.78 is 0. The van der Waals surface area contributed by atoms with Gasteiger partial charge in [0, 0.05) is 56.3 Å². The van der Waals surface area contributed by atoms with Gasteiger partial charge >= 0.3 is 0 Å². The van der Waals surface area contributed by atoms with Crippen LogP contribution in [-0.4, -0.2) is 47.8 Å². The molecule has 0 bridgehead atoms. The molecule has 0 aliphatic carbocycles. The maximum atomic E-state index is 12.1. The van der Waals surface area contributed by atoms with Crippen LogP contribution in [0.1, 0.15) is 34.0 Å². The van der Waals surface area contributed by atoms with Crippen molar-refractivity contribution in [1.29, 1.82) is 0 Å². The van der Waals surface area contributed by atoms with Gasteiger partial charge in [-0.05, 0) is 40.6 Å². The Labute approximate surface area is 176 Å². The number of nitrogens with one attached hydrogen (secondary N) is 1. The molecule has 5 nitrogen and oxygen atoms in total. The number of hydrogen-bond acceptors (Lipinski definition) is 3. The van der Waals surface area contributed by atoms with E-state index in [2.05, 4.69) is 46.6 Å². The zero-order chi connectivity index (χ0) is 20.7. The van der Waals surface area contributed by atoms with E-state index in [0.29, 0.717) is 0 Å². The van der Waals surface area contributed by atoms with Gasteiger partial charge in [-0.1, -0.05) is 42.5 Å². The molecule has 0 radical (unpaired) electrons. The van der Waals surface area contributed by atoms with Gasteiger partial charge in [0.2, 0.25) is 5.91 Å². The van der Waals surface area contributed by atoms with Crippen molar-refractivity contribution in [3.05, 3.63) is 76.9 Å². The topological polar surface area (TPSA) is 52.7 Å². The number of anilines is 1. The highest BCUT2D eigenvalue weighted by atomic mass is 16.2. The average molecular weight is 399 g/mol. The van der Waals surface area contributed by atoms with Crippen molar-refractivity contribution in [2.24, 2.45) is 0 Å². The third-order valence-corrected chi connectivity index (χ3v) is 6.27. The van der Waals surface area contributed by atoms with E-state index in [1.54, 1.807) is 6.92 Å². The first-order valence-corrected chi connectivity index (χ1v) is 10.5. The van der Waals surface area contributed by atoms with Crippen LogP contribution in [0.4, 0.5) is 5.69 Å². The molecule has 1 N–H and O–H groups in total. The second-order valence-electron chi connectivity index (χ2n) is 8.23. The molecule has 1 saturated heterocycles. The molecular weight excluding hydrogens is 374 g/mol. The number of benzene rings is 3. The first-order valence-electron chi connectivity index (χ1n) is 10.5. The monoisotopic (exact) mass is 399 g/mol. The smallest absolute Gasteiger partial charge is 0.256 e. The summed E-state index contributed by atoms with van der Waals surface area (Å²) in [6, 6.07) is 18.9. The Morgan fingerprint density at radius 1 is 0.933 bits per heavy atom. The summed E-state index contributed by atoms with van der Waals surface area (Å²) in [6.07, 6.45) is 0.839. The first kappa shape index (κ1) is 18.8. The lowest BCUT2D eigenvalue weighted by atomic mass is 9.95. The Morgan fingerprint density at radius 2 is 1.67 bits per heavy atom. The molecule has 3 aromatic carbocycles. The number of piperazine rings is 1. The number of carbonyl (C=O) groups is 2. The number of carbonyl (C=O) groups excluding carboxylic acids is 2. The van der Waals surface area contributed by atoms with Crippen LogP contribution in [-0.2, 0) is 17.8 Å². The normalized spacial score (nSPS) is 16.2. The van der Waals surface area contributed by atoms with Gasteiger partial charge in [-0.15, -0.1) is 0 Å². The molecule has 0 unspecified atom stereocenters. The summed E-state index contributed by atoms with van der Waals surface area (Å²) in [5.41, 5.74) is 5.47. The van der Waals surface area contributed by atoms with Crippen LogP contribution in [0, 0.1) is 0 Å². The van der Waals surface area contributed by atoms with E-state index in [4.69, 9.17) is 0 Å². The largest absolute Gasteiger partial charge is 0.340 e. The Bertz CT molecular complexity index is 1130. The van der Waals surface area contributed by atoms with Crippen LogP contribution in [0.5, 0.6) is 0 Å². The molecule has 2 aliphatic rings. The molecule has 0 saturated carbocycles. The molecule has 2 heterocycles. The van der Waals surface area contributed by atoms with Crippen LogP contribution in [0.15, 0.2) is 54.6 Å². The first-order chi connectivity index (χ1) is 14.6. The summed E-state index contributed by atoms with van der Waals surface area (Å²) in [4.78, 5) is 27.9. The third-order valence-electron chi connectivity index (χ3n) is 6.27. The molecule has 0 spiro atoms. The van der Waals surface area contributed by atoms with Crippen LogP contribution in [0.2, 0.25) is 0 Å². The summed E-state index contributed by atoms with van der Waals surface area (Å²) in [6.45, 7) is 6.04. The molecule has 152 valence electrons. The Balaban J connectivity index is 1.29. The second-order valence-corrected chi connectivity index (χ2v) is 8.23. The maximum Gasteiger partial charge on any atom is 0.256 e. The van der Waals surface area contributed by atoms with Gasteiger partial charge in [-0.25, -0.2) is 0 Å². The van der Waals surface area contributed by atoms with E-state index >= 15 is 0 Å². The van der Waals surface area contributed by atoms with Crippen LogP contribution >= 0.6 is 0 Å². The number of hydrogen-bond donors (Lipinski definition) is 1. The van der Waals surface area contributed by atoms with Gasteiger partial charge in [-0.3, -0.25) is 14.5 Å². The minimum Gasteiger partial charge on any atom is -0.340 e. The van der Waals surface area contributed by atoms with Gasteiger partial charge in [0.15, 0.2) is 0 Å². The van der Waals surface area contributed by atoms with Crippen molar-refractivity contribution < 1.29 is 9.59 Å². The number of amides is 2. The highest BCUT2D eigenvalue weighted by molar-refractivity contribution is 6.24. The van der Waals surface area contributed by atoms with E-state index < -0.39 is 0 Å². The zero-order valence-electron chi connectivity index (χ0n) is 17.1. The van der Waals surface area contributed by atoms with Gasteiger partial charge in [-0.2, -0.15) is 0 Å². The van der Waals surface area contributed by atoms with Crippen LogP contribution < -0.4 is 5.32 Å². The predicted octanol–water partition coefficient (Wildman–Crippen LogP) is 3.66. The van der Waals surface area contributed by atoms with E-state index in [0.717, 1.165) is 61.2 Å². The fraction of sp³-hybridized carbons (Fsp3) is 0.280. The number of nitrogens with zero attached hydrogens (tertiary/aromatic N) is 2. The Hall–Kier alpha value is -3.18. The molecule has 2 aliphatic heterocycles. The van der Waals surface area contributed by atoms with E-state index in [1.807, 2.05) is 23.1 Å². The van der Waals surface area contributed by atoms with Gasteiger partial charge in [0.1, 0.15) is 0 Å². The number of rotatable bonds is 4. The predicted molar refractivity (Wildman–Crippen MR) is 119 cm³/mol. The lowest BCUT2D eigenvalue weighted by molar-refractivity contribution is -0.130. The Morgan fingerprint density at radius 3 is 2.40 bits per heavy atom. The maximum absolute atomic E-state index is 12.1. The fourth-order valence-electron chi connectivity index (χ4n) is 4.57. The van der Waals surface area contributed by atoms with Crippen molar-refractivity contribution >= 4 is 28.3 Å². The van der Waals surface area contributed by atoms with Crippen molar-refractivity contribution in [1.82, 2.24) is 9.80 Å². The average Bonchev–Trinajstić information content (AvgIpc) is 3.09. The zero-order valence-corrected chi connectivity index (χ0v) is 17.1. The second kappa shape index (κ2) is 7.58. The molecule has 5 heteroatoms. The minimum atomic E-state index is -0.0127. The van der Waals surface area contributed by atoms with Crippen molar-refractivity contribution in [2.45, 2.75) is 19.9 Å². The van der Waals surface area contributed by atoms with Crippen molar-refractivity contribution in [3.63, 3.8) is 0 Å². The molecule has 3 aromatic rings. The highest BCUT2D eigenvalue weighted by Crippen LogP contribution is 2.35. The molecule has 1 fully saturated rings. The lowest BCUT2D eigenvalue weighted by Gasteiger charge is -2.34. The van der Waals surface area contributed by atoms with Gasteiger partial charge in [0.25, 0.3) is 5.91 Å². The Kier molecular flexibility index (Phi) is 4.75. The molecule has 0 aromatic heterocycles.